The number of nitrogens with two attached hydrogens (primary N) is 2. The van der Waals surface area contributed by atoms with E-state index < -0.39 is 11.7 Å². The second-order valence-corrected chi connectivity index (χ2v) is 8.65. The Morgan fingerprint density at radius 1 is 1.03 bits per heavy atom. The molecule has 7 N–H and O–H groups in total. The Labute approximate surface area is 203 Å². The lowest BCUT2D eigenvalue weighted by Gasteiger charge is -2.27. The van der Waals surface area contributed by atoms with Crippen LogP contribution in [0.25, 0.3) is 11.1 Å². The van der Waals surface area contributed by atoms with Gasteiger partial charge in [-0.2, -0.15) is 0 Å². The van der Waals surface area contributed by atoms with Gasteiger partial charge in [-0.05, 0) is 60.2 Å². The van der Waals surface area contributed by atoms with Crippen LogP contribution in [0.1, 0.15) is 40.0 Å². The number of carbonyl (C=O) groups is 1. The molecule has 0 bridgehead atoms. The summed E-state index contributed by atoms with van der Waals surface area (Å²) >= 11 is 0. The van der Waals surface area contributed by atoms with Crippen LogP contribution in [-0.4, -0.2) is 58.8 Å². The summed E-state index contributed by atoms with van der Waals surface area (Å²) in [5.41, 5.74) is 15.8. The summed E-state index contributed by atoms with van der Waals surface area (Å²) in [7, 11) is 0. The fourth-order valence-electron chi connectivity index (χ4n) is 4.25. The molecule has 182 valence electrons. The van der Waals surface area contributed by atoms with Crippen LogP contribution in [0.3, 0.4) is 0 Å². The average Bonchev–Trinajstić information content (AvgIpc) is 2.86. The van der Waals surface area contributed by atoms with Crippen LogP contribution in [0.5, 0.6) is 0 Å². The van der Waals surface area contributed by atoms with Gasteiger partial charge in [0.05, 0.1) is 0 Å². The number of aryl methyl sites for hydroxylation is 1. The first-order chi connectivity index (χ1) is 16.7. The maximum atomic E-state index is 14.9. The predicted octanol–water partition coefficient (Wildman–Crippen LogP) is 2.75. The molecule has 9 nitrogen and oxygen atoms in total. The number of amides is 1. The quantitative estimate of drug-likeness (QED) is 0.338. The van der Waals surface area contributed by atoms with E-state index in [0.29, 0.717) is 43.9 Å². The highest BCUT2D eigenvalue weighted by Crippen LogP contribution is 2.29. The Kier molecular flexibility index (Phi) is 6.81. The van der Waals surface area contributed by atoms with Crippen molar-refractivity contribution in [3.63, 3.8) is 0 Å². The highest BCUT2D eigenvalue weighted by molar-refractivity contribution is 6.03. The molecule has 1 aromatic heterocycles. The minimum atomic E-state index is -0.416. The van der Waals surface area contributed by atoms with Crippen LogP contribution in [0.2, 0.25) is 0 Å². The SMILES string of the molecule is Cc1cc(C2=CCN(C(=N)N)CC2)c(F)cc1NC(=O)c1ccc(C2=CCN(C(=N)N)CC2)cn1. The van der Waals surface area contributed by atoms with Gasteiger partial charge < -0.3 is 26.6 Å². The van der Waals surface area contributed by atoms with E-state index in [4.69, 9.17) is 22.3 Å². The number of rotatable bonds is 4. The first kappa shape index (κ1) is 23.9. The Hall–Kier alpha value is -4.21. The van der Waals surface area contributed by atoms with Crippen molar-refractivity contribution in [3.05, 3.63) is 70.8 Å². The summed E-state index contributed by atoms with van der Waals surface area (Å²) in [6, 6.07) is 6.56. The van der Waals surface area contributed by atoms with E-state index in [1.165, 1.54) is 6.07 Å². The number of anilines is 1. The Morgan fingerprint density at radius 3 is 2.17 bits per heavy atom. The largest absolute Gasteiger partial charge is 0.370 e. The van der Waals surface area contributed by atoms with Gasteiger partial charge in [-0.15, -0.1) is 0 Å². The van der Waals surface area contributed by atoms with Crippen LogP contribution in [0.4, 0.5) is 10.1 Å². The molecule has 1 amide bonds. The number of aromatic nitrogens is 1. The lowest BCUT2D eigenvalue weighted by molar-refractivity contribution is 0.102. The lowest BCUT2D eigenvalue weighted by Crippen LogP contribution is -2.39. The van der Waals surface area contributed by atoms with Crippen LogP contribution >= 0.6 is 0 Å². The average molecular weight is 477 g/mol. The first-order valence-electron chi connectivity index (χ1n) is 11.4. The number of hydrogen-bond donors (Lipinski definition) is 5. The number of halogens is 1. The van der Waals surface area contributed by atoms with Crippen molar-refractivity contribution in [3.8, 4) is 0 Å². The van der Waals surface area contributed by atoms with Gasteiger partial charge in [0.25, 0.3) is 5.91 Å². The number of nitrogens with one attached hydrogen (secondary N) is 3. The molecule has 0 aliphatic carbocycles. The summed E-state index contributed by atoms with van der Waals surface area (Å²) in [6.45, 7) is 4.08. The Balaban J connectivity index is 1.44. The van der Waals surface area contributed by atoms with Crippen LogP contribution in [0.15, 0.2) is 42.6 Å². The third kappa shape index (κ3) is 5.32. The molecule has 0 atom stereocenters. The molecule has 10 heteroatoms. The smallest absolute Gasteiger partial charge is 0.274 e. The molecule has 0 saturated carbocycles. The van der Waals surface area contributed by atoms with E-state index in [2.05, 4.69) is 10.3 Å². The zero-order valence-electron chi connectivity index (χ0n) is 19.6. The topological polar surface area (TPSA) is 148 Å². The summed E-state index contributed by atoms with van der Waals surface area (Å²) in [5, 5.41) is 17.8. The molecular formula is C25H29FN8O. The summed E-state index contributed by atoms with van der Waals surface area (Å²) in [5.74, 6) is -0.770. The van der Waals surface area contributed by atoms with Gasteiger partial charge in [-0.3, -0.25) is 20.6 Å². The molecule has 2 aliphatic heterocycles. The molecule has 0 unspecified atom stereocenters. The molecule has 2 aliphatic rings. The van der Waals surface area contributed by atoms with Crippen molar-refractivity contribution in [2.24, 2.45) is 11.5 Å². The van der Waals surface area contributed by atoms with E-state index >= 15 is 0 Å². The van der Waals surface area contributed by atoms with Crippen LogP contribution < -0.4 is 16.8 Å². The van der Waals surface area contributed by atoms with Gasteiger partial charge in [0.2, 0.25) is 0 Å². The highest BCUT2D eigenvalue weighted by atomic mass is 19.1. The van der Waals surface area contributed by atoms with Crippen molar-refractivity contribution < 1.29 is 9.18 Å². The predicted molar refractivity (Wildman–Crippen MR) is 135 cm³/mol. The maximum absolute atomic E-state index is 14.9. The van der Waals surface area contributed by atoms with Gasteiger partial charge in [0.15, 0.2) is 11.9 Å². The first-order valence-corrected chi connectivity index (χ1v) is 11.4. The van der Waals surface area contributed by atoms with Crippen molar-refractivity contribution in [2.45, 2.75) is 19.8 Å². The third-order valence-electron chi connectivity index (χ3n) is 6.37. The van der Waals surface area contributed by atoms with Gasteiger partial charge >= 0.3 is 0 Å². The molecule has 4 rings (SSSR count). The van der Waals surface area contributed by atoms with Crippen LogP contribution in [0, 0.1) is 23.6 Å². The normalized spacial score (nSPS) is 15.8. The number of pyridine rings is 1. The molecule has 0 saturated heterocycles. The number of benzene rings is 1. The minimum Gasteiger partial charge on any atom is -0.370 e. The van der Waals surface area contributed by atoms with E-state index in [9.17, 15) is 9.18 Å². The summed E-state index contributed by atoms with van der Waals surface area (Å²) in [6.07, 6.45) is 6.86. The fourth-order valence-corrected chi connectivity index (χ4v) is 4.25. The van der Waals surface area contributed by atoms with E-state index in [0.717, 1.165) is 28.7 Å². The van der Waals surface area contributed by atoms with Gasteiger partial charge in [0, 0.05) is 43.6 Å². The molecule has 3 heterocycles. The lowest BCUT2D eigenvalue weighted by atomic mass is 9.96. The standard InChI is InChI=1S/C25H29FN8O/c1-15-12-19(17-6-10-34(11-7-17)25(29)30)20(26)13-22(15)32-23(35)21-3-2-18(14-31-21)16-4-8-33(9-5-16)24(27)28/h2-4,6,12-14H,5,7-11H2,1H3,(H3,27,28)(H3,29,30)(H,32,35). The molecule has 2 aromatic rings. The number of guanidine groups is 2. The van der Waals surface area contributed by atoms with Crippen molar-refractivity contribution in [1.29, 1.82) is 10.8 Å². The molecular weight excluding hydrogens is 447 g/mol. The van der Waals surface area contributed by atoms with Gasteiger partial charge in [0.1, 0.15) is 11.5 Å². The Bertz CT molecular complexity index is 1230. The van der Waals surface area contributed by atoms with E-state index in [-0.39, 0.29) is 17.6 Å². The maximum Gasteiger partial charge on any atom is 0.274 e. The summed E-state index contributed by atoms with van der Waals surface area (Å²) < 4.78 is 14.9. The minimum absolute atomic E-state index is 0.00625. The van der Waals surface area contributed by atoms with E-state index in [1.807, 2.05) is 25.1 Å². The van der Waals surface area contributed by atoms with Crippen molar-refractivity contribution in [2.75, 3.05) is 31.5 Å². The fraction of sp³-hybridized carbons (Fsp3) is 0.280. The van der Waals surface area contributed by atoms with Crippen molar-refractivity contribution >= 4 is 34.7 Å². The third-order valence-corrected chi connectivity index (χ3v) is 6.37. The molecule has 1 aromatic carbocycles. The Morgan fingerprint density at radius 2 is 1.66 bits per heavy atom. The second-order valence-electron chi connectivity index (χ2n) is 8.65. The van der Waals surface area contributed by atoms with E-state index in [1.54, 1.807) is 28.1 Å². The van der Waals surface area contributed by atoms with Gasteiger partial charge in [-0.25, -0.2) is 4.39 Å². The number of carbonyl (C=O) groups excluding carboxylic acids is 1. The van der Waals surface area contributed by atoms with Crippen molar-refractivity contribution in [1.82, 2.24) is 14.8 Å². The zero-order valence-corrected chi connectivity index (χ0v) is 19.6. The number of hydrogen-bond acceptors (Lipinski definition) is 4. The van der Waals surface area contributed by atoms with Crippen LogP contribution in [-0.2, 0) is 0 Å². The molecule has 0 radical (unpaired) electrons. The highest BCUT2D eigenvalue weighted by Gasteiger charge is 2.19. The molecule has 35 heavy (non-hydrogen) atoms. The summed E-state index contributed by atoms with van der Waals surface area (Å²) in [4.78, 5) is 20.6. The monoisotopic (exact) mass is 476 g/mol. The number of nitrogens with zero attached hydrogens (tertiary/aromatic N) is 3. The zero-order chi connectivity index (χ0) is 25.1. The molecule has 0 fully saturated rings. The van der Waals surface area contributed by atoms with Gasteiger partial charge in [-0.1, -0.05) is 18.2 Å². The molecule has 0 spiro atoms. The second kappa shape index (κ2) is 9.96.